The second kappa shape index (κ2) is 4.67. The highest BCUT2D eigenvalue weighted by Gasteiger charge is 2.35. The fourth-order valence-electron chi connectivity index (χ4n) is 2.42. The third-order valence-electron chi connectivity index (χ3n) is 3.69. The lowest BCUT2D eigenvalue weighted by Gasteiger charge is -2.42. The largest absolute Gasteiger partial charge is 0.317 e. The Labute approximate surface area is 92.9 Å². The van der Waals surface area contributed by atoms with Crippen molar-refractivity contribution < 1.29 is 0 Å². The van der Waals surface area contributed by atoms with Gasteiger partial charge in [0.25, 0.3) is 0 Å². The van der Waals surface area contributed by atoms with E-state index in [9.17, 15) is 0 Å². The zero-order valence-corrected chi connectivity index (χ0v) is 10.3. The molecule has 1 N–H and O–H groups in total. The van der Waals surface area contributed by atoms with Gasteiger partial charge in [0.2, 0.25) is 0 Å². The highest BCUT2D eigenvalue weighted by atomic mass is 35.5. The number of hydrogen-bond donors (Lipinski definition) is 1. The van der Waals surface area contributed by atoms with E-state index in [0.717, 1.165) is 11.5 Å². The number of rotatable bonds is 3. The van der Waals surface area contributed by atoms with Crippen LogP contribution < -0.4 is 5.32 Å². The van der Waals surface area contributed by atoms with Crippen LogP contribution in [0.25, 0.3) is 0 Å². The van der Waals surface area contributed by atoms with Gasteiger partial charge in [-0.1, -0.05) is 32.0 Å². The van der Waals surface area contributed by atoms with E-state index in [1.807, 2.05) is 0 Å². The summed E-state index contributed by atoms with van der Waals surface area (Å²) in [5.41, 5.74) is 0.422. The molecule has 0 amide bonds. The van der Waals surface area contributed by atoms with Gasteiger partial charge < -0.3 is 5.32 Å². The zero-order valence-electron chi connectivity index (χ0n) is 9.57. The zero-order chi connectivity index (χ0) is 10.8. The second-order valence-electron chi connectivity index (χ2n) is 5.17. The fourth-order valence-corrected chi connectivity index (χ4v) is 2.61. The van der Waals surface area contributed by atoms with Crippen LogP contribution in [0, 0.1) is 11.3 Å². The number of allylic oxidation sites excluding steroid dienone is 1. The second-order valence-corrected chi connectivity index (χ2v) is 5.70. The predicted molar refractivity (Wildman–Crippen MR) is 63.6 cm³/mol. The molecule has 0 aromatic rings. The molecular formula is C12H22ClN. The van der Waals surface area contributed by atoms with E-state index in [0.29, 0.717) is 17.4 Å². The fraction of sp³-hybridized carbons (Fsp3) is 0.833. The summed E-state index contributed by atoms with van der Waals surface area (Å²) in [6, 6.07) is 0.670. The summed E-state index contributed by atoms with van der Waals surface area (Å²) < 4.78 is 0. The van der Waals surface area contributed by atoms with Gasteiger partial charge in [-0.05, 0) is 44.1 Å². The van der Waals surface area contributed by atoms with Gasteiger partial charge in [0.05, 0.1) is 0 Å². The van der Waals surface area contributed by atoms with Crippen LogP contribution in [-0.2, 0) is 0 Å². The molecule has 14 heavy (non-hydrogen) atoms. The van der Waals surface area contributed by atoms with Crippen molar-refractivity contribution in [2.75, 3.05) is 7.05 Å². The van der Waals surface area contributed by atoms with Crippen LogP contribution in [0.1, 0.15) is 39.5 Å². The maximum absolute atomic E-state index is 5.91. The van der Waals surface area contributed by atoms with Crippen molar-refractivity contribution in [3.63, 3.8) is 0 Å². The highest BCUT2D eigenvalue weighted by Crippen LogP contribution is 2.43. The number of nitrogens with one attached hydrogen (secondary N) is 1. The number of halogens is 1. The Hall–Kier alpha value is -0.0100. The van der Waals surface area contributed by atoms with Gasteiger partial charge in [0, 0.05) is 11.1 Å². The van der Waals surface area contributed by atoms with E-state index in [-0.39, 0.29) is 0 Å². The van der Waals surface area contributed by atoms with Crippen molar-refractivity contribution in [3.05, 3.63) is 11.6 Å². The van der Waals surface area contributed by atoms with E-state index < -0.39 is 0 Å². The Kier molecular flexibility index (Phi) is 4.03. The molecule has 2 unspecified atom stereocenters. The summed E-state index contributed by atoms with van der Waals surface area (Å²) in [5, 5.41) is 4.18. The van der Waals surface area contributed by atoms with Crippen LogP contribution in [0.2, 0.25) is 0 Å². The first kappa shape index (κ1) is 12.1. The van der Waals surface area contributed by atoms with Crippen molar-refractivity contribution in [1.29, 1.82) is 0 Å². The molecule has 0 aliphatic heterocycles. The first-order valence-electron chi connectivity index (χ1n) is 5.46. The molecule has 82 valence electrons. The van der Waals surface area contributed by atoms with Crippen molar-refractivity contribution in [2.24, 2.45) is 11.3 Å². The van der Waals surface area contributed by atoms with Crippen LogP contribution in [0.4, 0.5) is 0 Å². The molecule has 0 saturated heterocycles. The maximum atomic E-state index is 5.91. The summed E-state index contributed by atoms with van der Waals surface area (Å²) >= 11 is 5.91. The summed E-state index contributed by atoms with van der Waals surface area (Å²) in [7, 11) is 2.05. The lowest BCUT2D eigenvalue weighted by molar-refractivity contribution is 0.116. The molecule has 0 radical (unpaired) electrons. The van der Waals surface area contributed by atoms with Crippen LogP contribution in [0.3, 0.4) is 0 Å². The highest BCUT2D eigenvalue weighted by molar-refractivity contribution is 6.29. The SMILES string of the molecule is C=C(Cl)CC1CC(NC)CCC1(C)C. The van der Waals surface area contributed by atoms with Crippen LogP contribution in [-0.4, -0.2) is 13.1 Å². The van der Waals surface area contributed by atoms with Gasteiger partial charge in [0.1, 0.15) is 0 Å². The molecular weight excluding hydrogens is 194 g/mol. The number of hydrogen-bond acceptors (Lipinski definition) is 1. The minimum Gasteiger partial charge on any atom is -0.317 e. The van der Waals surface area contributed by atoms with Crippen LogP contribution >= 0.6 is 11.6 Å². The molecule has 0 aromatic heterocycles. The summed E-state index contributed by atoms with van der Waals surface area (Å²) in [6.07, 6.45) is 4.77. The average Bonchev–Trinajstić information content (AvgIpc) is 2.08. The first-order chi connectivity index (χ1) is 6.45. The van der Waals surface area contributed by atoms with E-state index in [2.05, 4.69) is 32.8 Å². The van der Waals surface area contributed by atoms with Crippen LogP contribution in [0.5, 0.6) is 0 Å². The van der Waals surface area contributed by atoms with E-state index in [1.54, 1.807) is 0 Å². The van der Waals surface area contributed by atoms with E-state index in [1.165, 1.54) is 19.3 Å². The van der Waals surface area contributed by atoms with Crippen molar-refractivity contribution in [2.45, 2.75) is 45.6 Å². The Morgan fingerprint density at radius 2 is 2.21 bits per heavy atom. The van der Waals surface area contributed by atoms with Crippen molar-refractivity contribution in [3.8, 4) is 0 Å². The molecule has 0 aromatic carbocycles. The normalized spacial score (nSPS) is 31.4. The Balaban J connectivity index is 2.61. The Morgan fingerprint density at radius 1 is 1.57 bits per heavy atom. The topological polar surface area (TPSA) is 12.0 Å². The van der Waals surface area contributed by atoms with Crippen molar-refractivity contribution >= 4 is 11.6 Å². The quantitative estimate of drug-likeness (QED) is 0.760. The smallest absolute Gasteiger partial charge is 0.0112 e. The van der Waals surface area contributed by atoms with Gasteiger partial charge in [-0.2, -0.15) is 0 Å². The van der Waals surface area contributed by atoms with Gasteiger partial charge in [-0.15, -0.1) is 0 Å². The minimum atomic E-state index is 0.422. The van der Waals surface area contributed by atoms with E-state index >= 15 is 0 Å². The molecule has 1 aliphatic rings. The van der Waals surface area contributed by atoms with E-state index in [4.69, 9.17) is 11.6 Å². The molecule has 1 saturated carbocycles. The summed E-state index contributed by atoms with van der Waals surface area (Å²) in [4.78, 5) is 0. The van der Waals surface area contributed by atoms with Crippen molar-refractivity contribution in [1.82, 2.24) is 5.32 Å². The third kappa shape index (κ3) is 2.99. The lowest BCUT2D eigenvalue weighted by atomic mass is 9.66. The molecule has 1 nitrogen and oxygen atoms in total. The third-order valence-corrected chi connectivity index (χ3v) is 3.84. The van der Waals surface area contributed by atoms with Gasteiger partial charge >= 0.3 is 0 Å². The van der Waals surface area contributed by atoms with Gasteiger partial charge in [-0.25, -0.2) is 0 Å². The molecule has 1 fully saturated rings. The summed E-state index contributed by atoms with van der Waals surface area (Å²) in [6.45, 7) is 8.51. The molecule has 1 rings (SSSR count). The first-order valence-corrected chi connectivity index (χ1v) is 5.84. The van der Waals surface area contributed by atoms with Gasteiger partial charge in [0.15, 0.2) is 0 Å². The maximum Gasteiger partial charge on any atom is 0.0112 e. The molecule has 0 spiro atoms. The molecule has 2 heteroatoms. The van der Waals surface area contributed by atoms with Gasteiger partial charge in [-0.3, -0.25) is 0 Å². The molecule has 1 aliphatic carbocycles. The molecule has 0 heterocycles. The lowest BCUT2D eigenvalue weighted by Crippen LogP contribution is -2.39. The monoisotopic (exact) mass is 215 g/mol. The predicted octanol–water partition coefficient (Wildman–Crippen LogP) is 3.54. The average molecular weight is 216 g/mol. The Morgan fingerprint density at radius 3 is 2.71 bits per heavy atom. The summed E-state index contributed by atoms with van der Waals surface area (Å²) in [5.74, 6) is 0.679. The minimum absolute atomic E-state index is 0.422. The molecule has 0 bridgehead atoms. The molecule has 2 atom stereocenters. The van der Waals surface area contributed by atoms with Crippen LogP contribution in [0.15, 0.2) is 11.6 Å². The Bertz CT molecular complexity index is 210. The standard InChI is InChI=1S/C12H22ClN/c1-9(13)7-10-8-11(14-4)5-6-12(10,2)3/h10-11,14H,1,5-8H2,2-4H3.